The number of imide groups is 1. The van der Waals surface area contributed by atoms with E-state index in [1.807, 2.05) is 0 Å². The highest BCUT2D eigenvalue weighted by atomic mass is 16.5. The molecule has 1 saturated heterocycles. The van der Waals surface area contributed by atoms with Gasteiger partial charge in [-0.1, -0.05) is 29.4 Å². The van der Waals surface area contributed by atoms with E-state index < -0.39 is 12.1 Å². The van der Waals surface area contributed by atoms with E-state index in [0.29, 0.717) is 35.7 Å². The Balaban J connectivity index is 1.19. The molecule has 0 bridgehead atoms. The van der Waals surface area contributed by atoms with E-state index in [0.717, 1.165) is 18.4 Å². The first-order valence-electron chi connectivity index (χ1n) is 11.0. The van der Waals surface area contributed by atoms with Crippen LogP contribution in [0.4, 0.5) is 4.79 Å². The predicted octanol–water partition coefficient (Wildman–Crippen LogP) is 2.32. The summed E-state index contributed by atoms with van der Waals surface area (Å²) in [6, 6.07) is 13.3. The number of hydrogen-bond donors (Lipinski definition) is 0. The molecule has 1 atom stereocenters. The lowest BCUT2D eigenvalue weighted by molar-refractivity contribution is -0.269. The van der Waals surface area contributed by atoms with Gasteiger partial charge in [-0.25, -0.2) is 0 Å². The molecule has 10 nitrogen and oxygen atoms in total. The average molecular weight is 461 g/mol. The molecule has 0 spiro atoms. The van der Waals surface area contributed by atoms with Gasteiger partial charge in [-0.05, 0) is 49.1 Å². The Morgan fingerprint density at radius 1 is 1.06 bits per heavy atom. The summed E-state index contributed by atoms with van der Waals surface area (Å²) in [5.74, 6) is 0.472. The van der Waals surface area contributed by atoms with E-state index in [9.17, 15) is 19.5 Å². The Hall–Kier alpha value is -4.21. The van der Waals surface area contributed by atoms with Gasteiger partial charge in [-0.15, -0.1) is 0 Å². The van der Waals surface area contributed by atoms with Crippen molar-refractivity contribution in [3.63, 3.8) is 0 Å². The van der Waals surface area contributed by atoms with Crippen molar-refractivity contribution in [1.82, 2.24) is 19.9 Å². The number of aromatic nitrogens is 2. The number of rotatable bonds is 6. The molecule has 0 saturated carbocycles. The van der Waals surface area contributed by atoms with E-state index in [2.05, 4.69) is 10.1 Å². The topological polar surface area (TPSA) is 129 Å². The van der Waals surface area contributed by atoms with Crippen molar-refractivity contribution < 1.29 is 28.8 Å². The summed E-state index contributed by atoms with van der Waals surface area (Å²) in [5.41, 5.74) is 1.62. The quantitative estimate of drug-likeness (QED) is 0.512. The van der Waals surface area contributed by atoms with Crippen LogP contribution in [0.5, 0.6) is 5.75 Å². The van der Waals surface area contributed by atoms with Crippen molar-refractivity contribution in [1.29, 1.82) is 0 Å². The molecule has 34 heavy (non-hydrogen) atoms. The average Bonchev–Trinajstić information content (AvgIpc) is 3.43. The van der Waals surface area contributed by atoms with Crippen LogP contribution >= 0.6 is 0 Å². The molecule has 2 aliphatic heterocycles. The maximum absolute atomic E-state index is 12.5. The number of amides is 3. The maximum atomic E-state index is 12.5. The van der Waals surface area contributed by atoms with Crippen LogP contribution in [0, 0.1) is 0 Å². The Bertz CT molecular complexity index is 1200. The number of fused-ring (bicyclic) bond motifs is 1. The lowest BCUT2D eigenvalue weighted by atomic mass is 10.0. The second-order valence-electron chi connectivity index (χ2n) is 8.19. The molecule has 10 heteroatoms. The molecule has 3 amide bonds. The van der Waals surface area contributed by atoms with Gasteiger partial charge in [0.15, 0.2) is 12.4 Å². The standard InChI is InChI=1S/C24H22N4O6/c29-22-17-5-1-2-6-18(17)23(30)28(22)13-15-8-10-16(11-9-15)33-14-20-25-21(26-34-20)19-7-3-4-12-27(19)24(31)32/h1-2,5-6,8-11,19H,3-4,7,12-14H2,(H,31,32)/p-1. The van der Waals surface area contributed by atoms with Gasteiger partial charge < -0.3 is 24.1 Å². The summed E-state index contributed by atoms with van der Waals surface area (Å²) in [4.78, 5) is 43.1. The Kier molecular flexibility index (Phi) is 5.70. The summed E-state index contributed by atoms with van der Waals surface area (Å²) in [7, 11) is 0. The lowest BCUT2D eigenvalue weighted by Gasteiger charge is -2.35. The number of ether oxygens (including phenoxy) is 1. The van der Waals surface area contributed by atoms with Crippen LogP contribution in [0.2, 0.25) is 0 Å². The third-order valence-corrected chi connectivity index (χ3v) is 6.02. The molecule has 5 rings (SSSR count). The number of benzene rings is 2. The van der Waals surface area contributed by atoms with Crippen molar-refractivity contribution in [3.8, 4) is 5.75 Å². The van der Waals surface area contributed by atoms with Gasteiger partial charge in [0.2, 0.25) is 0 Å². The minimum absolute atomic E-state index is 0.0167. The van der Waals surface area contributed by atoms with E-state index in [1.165, 1.54) is 9.80 Å². The van der Waals surface area contributed by atoms with Crippen molar-refractivity contribution >= 4 is 17.9 Å². The van der Waals surface area contributed by atoms with Gasteiger partial charge in [0, 0.05) is 6.54 Å². The molecule has 2 aromatic carbocycles. The van der Waals surface area contributed by atoms with Gasteiger partial charge in [0.25, 0.3) is 17.7 Å². The Morgan fingerprint density at radius 3 is 2.44 bits per heavy atom. The van der Waals surface area contributed by atoms with Crippen molar-refractivity contribution in [2.45, 2.75) is 38.5 Å². The predicted molar refractivity (Wildman–Crippen MR) is 114 cm³/mol. The van der Waals surface area contributed by atoms with Gasteiger partial charge in [-0.3, -0.25) is 14.5 Å². The third kappa shape index (κ3) is 4.09. The molecule has 2 aliphatic rings. The van der Waals surface area contributed by atoms with Crippen LogP contribution in [-0.4, -0.2) is 44.4 Å². The van der Waals surface area contributed by atoms with Crippen LogP contribution < -0.4 is 9.84 Å². The second-order valence-corrected chi connectivity index (χ2v) is 8.19. The molecular formula is C24H21N4O6-. The van der Waals surface area contributed by atoms with Crippen LogP contribution in [0.25, 0.3) is 0 Å². The normalized spacial score (nSPS) is 17.7. The highest BCUT2D eigenvalue weighted by Gasteiger charge is 2.35. The van der Waals surface area contributed by atoms with Gasteiger partial charge in [0.05, 0.1) is 23.7 Å². The molecule has 0 aliphatic carbocycles. The summed E-state index contributed by atoms with van der Waals surface area (Å²) < 4.78 is 10.9. The fourth-order valence-corrected chi connectivity index (χ4v) is 4.28. The van der Waals surface area contributed by atoms with E-state index in [4.69, 9.17) is 9.26 Å². The maximum Gasteiger partial charge on any atom is 0.264 e. The number of carbonyl (C=O) groups excluding carboxylic acids is 3. The van der Waals surface area contributed by atoms with E-state index in [-0.39, 0.29) is 30.9 Å². The molecule has 0 N–H and O–H groups in total. The van der Waals surface area contributed by atoms with Gasteiger partial charge in [0.1, 0.15) is 11.8 Å². The minimum Gasteiger partial charge on any atom is -0.530 e. The van der Waals surface area contributed by atoms with Crippen molar-refractivity contribution in [3.05, 3.63) is 76.9 Å². The van der Waals surface area contributed by atoms with Crippen molar-refractivity contribution in [2.24, 2.45) is 0 Å². The highest BCUT2D eigenvalue weighted by molar-refractivity contribution is 6.21. The van der Waals surface area contributed by atoms with Crippen molar-refractivity contribution in [2.75, 3.05) is 6.54 Å². The third-order valence-electron chi connectivity index (χ3n) is 6.02. The van der Waals surface area contributed by atoms with E-state index in [1.54, 1.807) is 48.5 Å². The fraction of sp³-hybridized carbons (Fsp3) is 0.292. The fourth-order valence-electron chi connectivity index (χ4n) is 4.28. The van der Waals surface area contributed by atoms with Gasteiger partial charge >= 0.3 is 0 Å². The molecular weight excluding hydrogens is 440 g/mol. The Labute approximate surface area is 194 Å². The second kappa shape index (κ2) is 8.97. The molecule has 1 aromatic heterocycles. The zero-order chi connectivity index (χ0) is 23.7. The first-order chi connectivity index (χ1) is 16.5. The number of likely N-dealkylation sites (tertiary alicyclic amines) is 1. The number of carbonyl (C=O) groups is 3. The minimum atomic E-state index is -1.24. The SMILES string of the molecule is O=C1c2ccccc2C(=O)N1Cc1ccc(OCc2nc(C3CCCCN3C(=O)[O-])no2)cc1. The van der Waals surface area contributed by atoms with Crippen LogP contribution in [-0.2, 0) is 13.2 Å². The van der Waals surface area contributed by atoms with Gasteiger partial charge in [-0.2, -0.15) is 4.98 Å². The van der Waals surface area contributed by atoms with Crippen LogP contribution in [0.1, 0.15) is 63.3 Å². The number of carboxylic acid groups (broad SMARTS) is 1. The largest absolute Gasteiger partial charge is 0.530 e. The molecule has 3 heterocycles. The van der Waals surface area contributed by atoms with Crippen LogP contribution in [0.15, 0.2) is 53.1 Å². The summed E-state index contributed by atoms with van der Waals surface area (Å²) in [5, 5.41) is 15.3. The Morgan fingerprint density at radius 2 is 1.76 bits per heavy atom. The number of nitrogens with zero attached hydrogens (tertiary/aromatic N) is 4. The summed E-state index contributed by atoms with van der Waals surface area (Å²) in [6.45, 7) is 0.569. The number of hydrogen-bond acceptors (Lipinski definition) is 8. The zero-order valence-electron chi connectivity index (χ0n) is 18.2. The van der Waals surface area contributed by atoms with Crippen LogP contribution in [0.3, 0.4) is 0 Å². The summed E-state index contributed by atoms with van der Waals surface area (Å²) in [6.07, 6.45) is 1.03. The zero-order valence-corrected chi connectivity index (χ0v) is 18.2. The molecule has 1 unspecified atom stereocenters. The summed E-state index contributed by atoms with van der Waals surface area (Å²) >= 11 is 0. The monoisotopic (exact) mass is 461 g/mol. The highest BCUT2D eigenvalue weighted by Crippen LogP contribution is 2.29. The smallest absolute Gasteiger partial charge is 0.264 e. The molecule has 174 valence electrons. The first-order valence-corrected chi connectivity index (χ1v) is 11.0. The molecule has 3 aromatic rings. The van der Waals surface area contributed by atoms with E-state index >= 15 is 0 Å². The molecule has 0 radical (unpaired) electrons. The number of piperidine rings is 1. The first kappa shape index (κ1) is 21.6. The molecule has 1 fully saturated rings. The lowest BCUT2D eigenvalue weighted by Crippen LogP contribution is -2.46.